The van der Waals surface area contributed by atoms with Crippen molar-refractivity contribution in [2.24, 2.45) is 5.73 Å². The normalized spacial score (nSPS) is 16.8. The first-order chi connectivity index (χ1) is 8.78. The molecule has 2 nitrogen and oxygen atoms in total. The zero-order chi connectivity index (χ0) is 12.5. The zero-order valence-electron chi connectivity index (χ0n) is 9.97. The van der Waals surface area contributed by atoms with E-state index in [1.807, 2.05) is 0 Å². The second kappa shape index (κ2) is 5.13. The molecule has 2 aromatic rings. The molecule has 0 amide bonds. The van der Waals surface area contributed by atoms with Crippen LogP contribution in [0.15, 0.2) is 40.2 Å². The van der Waals surface area contributed by atoms with Gasteiger partial charge in [-0.25, -0.2) is 0 Å². The maximum absolute atomic E-state index is 5.98. The third-order valence-electron chi connectivity index (χ3n) is 3.45. The van der Waals surface area contributed by atoms with Gasteiger partial charge < -0.3 is 5.73 Å². The molecule has 0 bridgehead atoms. The van der Waals surface area contributed by atoms with Crippen molar-refractivity contribution >= 4 is 27.3 Å². The van der Waals surface area contributed by atoms with Crippen molar-refractivity contribution in [1.82, 2.24) is 4.90 Å². The minimum Gasteiger partial charge on any atom is -0.329 e. The van der Waals surface area contributed by atoms with Crippen molar-refractivity contribution in [2.75, 3.05) is 6.54 Å². The van der Waals surface area contributed by atoms with E-state index in [1.165, 1.54) is 19.8 Å². The van der Waals surface area contributed by atoms with Crippen LogP contribution in [0.25, 0.3) is 0 Å². The summed E-state index contributed by atoms with van der Waals surface area (Å²) in [5, 5.41) is 0. The predicted octanol–water partition coefficient (Wildman–Crippen LogP) is 3.53. The van der Waals surface area contributed by atoms with E-state index in [9.17, 15) is 0 Å². The van der Waals surface area contributed by atoms with Gasteiger partial charge in [-0.15, -0.1) is 11.3 Å². The first-order valence-corrected chi connectivity index (χ1v) is 7.65. The lowest BCUT2D eigenvalue weighted by atomic mass is 10.1. The molecular formula is C14H15BrN2S. The molecule has 0 radical (unpaired) electrons. The van der Waals surface area contributed by atoms with Gasteiger partial charge in [0.25, 0.3) is 0 Å². The molecule has 2 N–H and O–H groups in total. The molecule has 1 aliphatic rings. The average Bonchev–Trinajstić information content (AvgIpc) is 2.96. The van der Waals surface area contributed by atoms with Gasteiger partial charge in [-0.3, -0.25) is 4.90 Å². The fourth-order valence-electron chi connectivity index (χ4n) is 2.53. The number of hydrogen-bond acceptors (Lipinski definition) is 3. The molecular weight excluding hydrogens is 308 g/mol. The van der Waals surface area contributed by atoms with Crippen LogP contribution < -0.4 is 5.73 Å². The molecule has 1 aromatic heterocycles. The maximum Gasteiger partial charge on any atom is 0.0702 e. The molecule has 0 saturated heterocycles. The molecule has 1 aromatic carbocycles. The summed E-state index contributed by atoms with van der Waals surface area (Å²) < 4.78 is 1.17. The highest BCUT2D eigenvalue weighted by Crippen LogP contribution is 2.35. The van der Waals surface area contributed by atoms with Crippen LogP contribution in [0.2, 0.25) is 0 Å². The topological polar surface area (TPSA) is 29.3 Å². The number of benzene rings is 1. The van der Waals surface area contributed by atoms with E-state index in [0.717, 1.165) is 13.1 Å². The number of rotatable bonds is 3. The van der Waals surface area contributed by atoms with E-state index < -0.39 is 0 Å². The van der Waals surface area contributed by atoms with Crippen LogP contribution >= 0.6 is 27.3 Å². The number of fused-ring (bicyclic) bond motifs is 1. The second-order valence-corrected chi connectivity index (χ2v) is 7.06. The molecule has 0 saturated carbocycles. The lowest BCUT2D eigenvalue weighted by Crippen LogP contribution is -2.28. The Morgan fingerprint density at radius 1 is 1.17 bits per heavy atom. The van der Waals surface area contributed by atoms with Crippen LogP contribution in [-0.4, -0.2) is 11.4 Å². The molecule has 1 atom stereocenters. The number of nitrogens with zero attached hydrogens (tertiary/aromatic N) is 1. The van der Waals surface area contributed by atoms with Gasteiger partial charge in [-0.1, -0.05) is 24.3 Å². The van der Waals surface area contributed by atoms with Crippen LogP contribution in [0.1, 0.15) is 22.0 Å². The molecule has 2 heterocycles. The fraction of sp³-hybridized carbons (Fsp3) is 0.286. The first kappa shape index (κ1) is 12.4. The SMILES string of the molecule is NCC(c1ccc(Br)s1)N1Cc2ccccc2C1. The van der Waals surface area contributed by atoms with Gasteiger partial charge in [0, 0.05) is 24.5 Å². The minimum atomic E-state index is 0.327. The number of thiophene rings is 1. The van der Waals surface area contributed by atoms with Crippen LogP contribution in [0.5, 0.6) is 0 Å². The Balaban J connectivity index is 1.83. The number of halogens is 1. The molecule has 3 rings (SSSR count). The van der Waals surface area contributed by atoms with Crippen molar-refractivity contribution in [3.05, 3.63) is 56.2 Å². The average molecular weight is 323 g/mol. The molecule has 4 heteroatoms. The Morgan fingerprint density at radius 3 is 2.33 bits per heavy atom. The van der Waals surface area contributed by atoms with E-state index in [2.05, 4.69) is 57.2 Å². The third kappa shape index (κ3) is 2.26. The Morgan fingerprint density at radius 2 is 1.83 bits per heavy atom. The second-order valence-electron chi connectivity index (χ2n) is 4.57. The molecule has 0 spiro atoms. The number of hydrogen-bond donors (Lipinski definition) is 1. The first-order valence-electron chi connectivity index (χ1n) is 6.04. The van der Waals surface area contributed by atoms with E-state index in [-0.39, 0.29) is 0 Å². The van der Waals surface area contributed by atoms with Crippen LogP contribution in [-0.2, 0) is 13.1 Å². The summed E-state index contributed by atoms with van der Waals surface area (Å²) in [5.41, 5.74) is 8.85. The van der Waals surface area contributed by atoms with Crippen molar-refractivity contribution in [3.8, 4) is 0 Å². The van der Waals surface area contributed by atoms with Crippen molar-refractivity contribution in [2.45, 2.75) is 19.1 Å². The molecule has 0 aliphatic carbocycles. The maximum atomic E-state index is 5.98. The smallest absolute Gasteiger partial charge is 0.0702 e. The lowest BCUT2D eigenvalue weighted by Gasteiger charge is -2.25. The van der Waals surface area contributed by atoms with Crippen molar-refractivity contribution in [1.29, 1.82) is 0 Å². The summed E-state index contributed by atoms with van der Waals surface area (Å²) in [6.45, 7) is 2.68. The lowest BCUT2D eigenvalue weighted by molar-refractivity contribution is 0.208. The van der Waals surface area contributed by atoms with E-state index in [4.69, 9.17) is 5.73 Å². The highest BCUT2D eigenvalue weighted by molar-refractivity contribution is 9.11. The summed E-state index contributed by atoms with van der Waals surface area (Å²) in [7, 11) is 0. The molecule has 1 unspecified atom stereocenters. The summed E-state index contributed by atoms with van der Waals surface area (Å²) in [5.74, 6) is 0. The largest absolute Gasteiger partial charge is 0.329 e. The van der Waals surface area contributed by atoms with Gasteiger partial charge >= 0.3 is 0 Å². The quantitative estimate of drug-likeness (QED) is 0.936. The summed E-state index contributed by atoms with van der Waals surface area (Å²) in [6.07, 6.45) is 0. The zero-order valence-corrected chi connectivity index (χ0v) is 12.4. The van der Waals surface area contributed by atoms with Crippen molar-refractivity contribution in [3.63, 3.8) is 0 Å². The molecule has 18 heavy (non-hydrogen) atoms. The standard InChI is InChI=1S/C14H15BrN2S/c15-14-6-5-13(18-14)12(7-16)17-8-10-3-1-2-4-11(10)9-17/h1-6,12H,7-9,16H2. The monoisotopic (exact) mass is 322 g/mol. The van der Waals surface area contributed by atoms with Gasteiger partial charge in [0.15, 0.2) is 0 Å². The van der Waals surface area contributed by atoms with E-state index >= 15 is 0 Å². The Kier molecular flexibility index (Phi) is 3.52. The summed E-state index contributed by atoms with van der Waals surface area (Å²) in [4.78, 5) is 3.81. The van der Waals surface area contributed by atoms with Crippen LogP contribution in [0.4, 0.5) is 0 Å². The highest BCUT2D eigenvalue weighted by Gasteiger charge is 2.26. The van der Waals surface area contributed by atoms with Gasteiger partial charge in [-0.2, -0.15) is 0 Å². The third-order valence-corrected chi connectivity index (χ3v) is 5.18. The number of nitrogens with two attached hydrogens (primary N) is 1. The Labute approximate surface area is 120 Å². The van der Waals surface area contributed by atoms with Gasteiger partial charge in [-0.05, 0) is 39.2 Å². The minimum absolute atomic E-state index is 0.327. The summed E-state index contributed by atoms with van der Waals surface area (Å²) >= 11 is 5.31. The fourth-order valence-corrected chi connectivity index (χ4v) is 4.10. The highest BCUT2D eigenvalue weighted by atomic mass is 79.9. The Bertz CT molecular complexity index is 527. The Hall–Kier alpha value is -0.680. The van der Waals surface area contributed by atoms with E-state index in [1.54, 1.807) is 11.3 Å². The molecule has 94 valence electrons. The predicted molar refractivity (Wildman–Crippen MR) is 79.5 cm³/mol. The van der Waals surface area contributed by atoms with Gasteiger partial charge in [0.2, 0.25) is 0 Å². The van der Waals surface area contributed by atoms with Crippen LogP contribution in [0, 0.1) is 0 Å². The van der Waals surface area contributed by atoms with Gasteiger partial charge in [0.05, 0.1) is 9.83 Å². The molecule has 0 fully saturated rings. The summed E-state index contributed by atoms with van der Waals surface area (Å²) in [6, 6.07) is 13.3. The van der Waals surface area contributed by atoms with Crippen molar-refractivity contribution < 1.29 is 0 Å². The van der Waals surface area contributed by atoms with Gasteiger partial charge in [0.1, 0.15) is 0 Å². The molecule has 1 aliphatic heterocycles. The van der Waals surface area contributed by atoms with Crippen LogP contribution in [0.3, 0.4) is 0 Å². The van der Waals surface area contributed by atoms with E-state index in [0.29, 0.717) is 12.6 Å².